The summed E-state index contributed by atoms with van der Waals surface area (Å²) in [6, 6.07) is 20.8. The topological polar surface area (TPSA) is 64.7 Å². The van der Waals surface area contributed by atoms with Crippen molar-refractivity contribution < 1.29 is 0 Å². The van der Waals surface area contributed by atoms with E-state index in [0.717, 1.165) is 5.56 Å². The molecule has 8 heteroatoms. The van der Waals surface area contributed by atoms with Gasteiger partial charge >= 0.3 is 5.56 Å². The molecule has 0 amide bonds. The molecular weight excluding hydrogens is 394 g/mol. The minimum atomic E-state index is -0.295. The van der Waals surface area contributed by atoms with Crippen LogP contribution in [0.15, 0.2) is 89.1 Å². The SMILES string of the molecule is O=c1c(Nc2ccc(Cl)cc2)nnc(SCc2ccccc2)n1-n1cccc1. The van der Waals surface area contributed by atoms with Crippen molar-refractivity contribution in [2.24, 2.45) is 0 Å². The van der Waals surface area contributed by atoms with E-state index in [0.29, 0.717) is 21.6 Å². The molecule has 0 bridgehead atoms. The highest BCUT2D eigenvalue weighted by Crippen LogP contribution is 2.21. The lowest BCUT2D eigenvalue weighted by Crippen LogP contribution is -2.30. The quantitative estimate of drug-likeness (QED) is 0.477. The third-order valence-corrected chi connectivity index (χ3v) is 5.19. The molecule has 0 fully saturated rings. The number of rotatable bonds is 6. The Balaban J connectivity index is 1.68. The second kappa shape index (κ2) is 8.33. The molecule has 2 aromatic carbocycles. The number of nitrogens with zero attached hydrogens (tertiary/aromatic N) is 4. The normalized spacial score (nSPS) is 10.8. The molecule has 0 spiro atoms. The smallest absolute Gasteiger partial charge is 0.316 e. The molecule has 1 N–H and O–H groups in total. The van der Waals surface area contributed by atoms with Gasteiger partial charge in [-0.2, -0.15) is 4.68 Å². The Hall–Kier alpha value is -3.03. The van der Waals surface area contributed by atoms with Crippen molar-refractivity contribution in [1.29, 1.82) is 0 Å². The first-order valence-corrected chi connectivity index (χ1v) is 9.90. The van der Waals surface area contributed by atoms with Crippen molar-refractivity contribution >= 4 is 34.9 Å². The molecule has 140 valence electrons. The lowest BCUT2D eigenvalue weighted by atomic mass is 10.2. The van der Waals surface area contributed by atoms with E-state index in [1.165, 1.54) is 16.4 Å². The van der Waals surface area contributed by atoms with E-state index < -0.39 is 0 Å². The van der Waals surface area contributed by atoms with Crippen molar-refractivity contribution in [3.63, 3.8) is 0 Å². The molecule has 2 heterocycles. The van der Waals surface area contributed by atoms with Gasteiger partial charge in [0.05, 0.1) is 0 Å². The van der Waals surface area contributed by atoms with Gasteiger partial charge in [-0.25, -0.2) is 0 Å². The highest BCUT2D eigenvalue weighted by atomic mass is 35.5. The molecule has 6 nitrogen and oxygen atoms in total. The van der Waals surface area contributed by atoms with Crippen LogP contribution in [-0.4, -0.2) is 19.5 Å². The molecule has 4 rings (SSSR count). The first-order valence-electron chi connectivity index (χ1n) is 8.53. The minimum absolute atomic E-state index is 0.139. The largest absolute Gasteiger partial charge is 0.334 e. The third-order valence-electron chi connectivity index (χ3n) is 3.95. The first kappa shape index (κ1) is 18.3. The Morgan fingerprint density at radius 1 is 0.929 bits per heavy atom. The maximum absolute atomic E-state index is 13.1. The van der Waals surface area contributed by atoms with Gasteiger partial charge in [0.15, 0.2) is 0 Å². The Bertz CT molecular complexity index is 1110. The summed E-state index contributed by atoms with van der Waals surface area (Å²) in [6.45, 7) is 0. The van der Waals surface area contributed by atoms with E-state index in [1.807, 2.05) is 42.5 Å². The van der Waals surface area contributed by atoms with Gasteiger partial charge < -0.3 is 5.32 Å². The van der Waals surface area contributed by atoms with Gasteiger partial charge in [-0.15, -0.1) is 10.2 Å². The summed E-state index contributed by atoms with van der Waals surface area (Å²) >= 11 is 7.37. The Morgan fingerprint density at radius 3 is 2.36 bits per heavy atom. The first-order chi connectivity index (χ1) is 13.7. The van der Waals surface area contributed by atoms with Crippen LogP contribution >= 0.6 is 23.4 Å². The summed E-state index contributed by atoms with van der Waals surface area (Å²) in [5, 5.41) is 12.5. The zero-order valence-electron chi connectivity index (χ0n) is 14.7. The number of thioether (sulfide) groups is 1. The van der Waals surface area contributed by atoms with Gasteiger partial charge in [0.25, 0.3) is 0 Å². The third kappa shape index (κ3) is 4.11. The maximum atomic E-state index is 13.1. The fourth-order valence-electron chi connectivity index (χ4n) is 2.59. The lowest BCUT2D eigenvalue weighted by Gasteiger charge is -2.13. The fourth-order valence-corrected chi connectivity index (χ4v) is 3.60. The summed E-state index contributed by atoms with van der Waals surface area (Å²) in [7, 11) is 0. The molecule has 2 aromatic heterocycles. The van der Waals surface area contributed by atoms with E-state index in [9.17, 15) is 4.79 Å². The molecular formula is C20H16ClN5OS. The van der Waals surface area contributed by atoms with Crippen LogP contribution in [0.3, 0.4) is 0 Å². The van der Waals surface area contributed by atoms with Gasteiger partial charge in [0.1, 0.15) is 0 Å². The summed E-state index contributed by atoms with van der Waals surface area (Å²) in [6.07, 6.45) is 3.59. The number of anilines is 2. The molecule has 0 aliphatic carbocycles. The van der Waals surface area contributed by atoms with E-state index in [-0.39, 0.29) is 11.4 Å². The summed E-state index contributed by atoms with van der Waals surface area (Å²) < 4.78 is 3.19. The van der Waals surface area contributed by atoms with E-state index in [2.05, 4.69) is 15.5 Å². The van der Waals surface area contributed by atoms with Crippen molar-refractivity contribution in [1.82, 2.24) is 19.5 Å². The maximum Gasteiger partial charge on any atom is 0.316 e. The van der Waals surface area contributed by atoms with E-state index >= 15 is 0 Å². The number of halogens is 1. The van der Waals surface area contributed by atoms with Crippen molar-refractivity contribution in [2.45, 2.75) is 10.9 Å². The van der Waals surface area contributed by atoms with Gasteiger partial charge in [0.2, 0.25) is 11.0 Å². The van der Waals surface area contributed by atoms with Crippen LogP contribution in [0.1, 0.15) is 5.56 Å². The number of benzene rings is 2. The average molecular weight is 410 g/mol. The zero-order valence-corrected chi connectivity index (χ0v) is 16.3. The Labute approximate surface area is 170 Å². The number of nitrogens with one attached hydrogen (secondary N) is 1. The summed E-state index contributed by atoms with van der Waals surface area (Å²) in [4.78, 5) is 13.1. The second-order valence-electron chi connectivity index (χ2n) is 5.92. The molecule has 0 aliphatic rings. The van der Waals surface area contributed by atoms with Crippen LogP contribution in [0.5, 0.6) is 0 Å². The molecule has 0 saturated carbocycles. The zero-order chi connectivity index (χ0) is 19.3. The second-order valence-corrected chi connectivity index (χ2v) is 7.30. The highest BCUT2D eigenvalue weighted by Gasteiger charge is 2.14. The van der Waals surface area contributed by atoms with Crippen LogP contribution < -0.4 is 10.9 Å². The predicted molar refractivity (Wildman–Crippen MR) is 112 cm³/mol. The molecule has 0 unspecified atom stereocenters. The molecule has 4 aromatic rings. The van der Waals surface area contributed by atoms with Crippen LogP contribution in [0.2, 0.25) is 5.02 Å². The molecule has 0 saturated heterocycles. The molecule has 0 radical (unpaired) electrons. The number of hydrogen-bond donors (Lipinski definition) is 1. The predicted octanol–water partition coefficient (Wildman–Crippen LogP) is 4.44. The summed E-state index contributed by atoms with van der Waals surface area (Å²) in [5.74, 6) is 0.820. The van der Waals surface area contributed by atoms with Crippen LogP contribution in [-0.2, 0) is 5.75 Å². The summed E-state index contributed by atoms with van der Waals surface area (Å²) in [5.41, 5.74) is 1.56. The van der Waals surface area contributed by atoms with Gasteiger partial charge in [-0.05, 0) is 42.0 Å². The Kier molecular flexibility index (Phi) is 5.45. The lowest BCUT2D eigenvalue weighted by molar-refractivity contribution is 0.533. The minimum Gasteiger partial charge on any atom is -0.334 e. The Morgan fingerprint density at radius 2 is 1.64 bits per heavy atom. The number of hydrogen-bond acceptors (Lipinski definition) is 5. The van der Waals surface area contributed by atoms with E-state index in [1.54, 1.807) is 41.3 Å². The average Bonchev–Trinajstić information content (AvgIpc) is 3.25. The van der Waals surface area contributed by atoms with Crippen LogP contribution in [0.4, 0.5) is 11.5 Å². The molecule has 0 atom stereocenters. The fraction of sp³-hybridized carbons (Fsp3) is 0.0500. The van der Waals surface area contributed by atoms with Crippen LogP contribution in [0.25, 0.3) is 0 Å². The van der Waals surface area contributed by atoms with Crippen molar-refractivity contribution in [3.05, 3.63) is 100 Å². The van der Waals surface area contributed by atoms with Crippen LogP contribution in [0, 0.1) is 0 Å². The standard InChI is InChI=1S/C20H16ClN5OS/c21-16-8-10-17(11-9-16)22-18-19(27)26(25-12-4-5-13-25)20(24-23-18)28-14-15-6-2-1-3-7-15/h1-13H,14H2,(H,22,23). The molecule has 28 heavy (non-hydrogen) atoms. The highest BCUT2D eigenvalue weighted by molar-refractivity contribution is 7.98. The molecule has 0 aliphatic heterocycles. The van der Waals surface area contributed by atoms with Gasteiger partial charge in [-0.3, -0.25) is 9.47 Å². The van der Waals surface area contributed by atoms with Gasteiger partial charge in [0, 0.05) is 28.9 Å². The monoisotopic (exact) mass is 409 g/mol. The van der Waals surface area contributed by atoms with E-state index in [4.69, 9.17) is 11.6 Å². The number of aromatic nitrogens is 4. The van der Waals surface area contributed by atoms with Gasteiger partial charge in [-0.1, -0.05) is 53.7 Å². The van der Waals surface area contributed by atoms with Crippen molar-refractivity contribution in [2.75, 3.05) is 5.32 Å². The van der Waals surface area contributed by atoms with Crippen molar-refractivity contribution in [3.8, 4) is 0 Å².